The standard InChI is InChI=1S/C18H15ClN4S/c1-13-7-5-6-10-16(13)17-21-22-18(24)23(17)20-12-15(19)11-14-8-3-2-4-9-14/h2-12H,1H3,(H,22,24)/b15-11+,20-12+. The van der Waals surface area contributed by atoms with E-state index in [1.54, 1.807) is 10.9 Å². The van der Waals surface area contributed by atoms with Gasteiger partial charge in [0.05, 0.1) is 11.2 Å². The molecule has 0 bridgehead atoms. The molecule has 1 N–H and O–H groups in total. The van der Waals surface area contributed by atoms with Crippen LogP contribution in [0.15, 0.2) is 64.7 Å². The molecule has 0 aliphatic rings. The molecule has 0 spiro atoms. The van der Waals surface area contributed by atoms with Crippen LogP contribution in [0.2, 0.25) is 0 Å². The molecule has 24 heavy (non-hydrogen) atoms. The Labute approximate surface area is 150 Å². The van der Waals surface area contributed by atoms with E-state index in [0.29, 0.717) is 15.6 Å². The van der Waals surface area contributed by atoms with Crippen LogP contribution in [0, 0.1) is 11.7 Å². The topological polar surface area (TPSA) is 46.0 Å². The Morgan fingerprint density at radius 1 is 1.17 bits per heavy atom. The van der Waals surface area contributed by atoms with Crippen molar-refractivity contribution in [1.82, 2.24) is 14.9 Å². The molecular weight excluding hydrogens is 340 g/mol. The minimum Gasteiger partial charge on any atom is -0.250 e. The van der Waals surface area contributed by atoms with Gasteiger partial charge < -0.3 is 0 Å². The second kappa shape index (κ2) is 7.38. The summed E-state index contributed by atoms with van der Waals surface area (Å²) in [6, 6.07) is 17.7. The van der Waals surface area contributed by atoms with E-state index in [4.69, 9.17) is 23.8 Å². The van der Waals surface area contributed by atoms with E-state index in [-0.39, 0.29) is 0 Å². The SMILES string of the molecule is Cc1ccccc1-c1n[nH]c(=S)n1/N=C/C(Cl)=C\c1ccccc1. The summed E-state index contributed by atoms with van der Waals surface area (Å²) in [6.07, 6.45) is 3.39. The van der Waals surface area contributed by atoms with E-state index in [1.165, 1.54) is 0 Å². The maximum Gasteiger partial charge on any atom is 0.216 e. The zero-order valence-corrected chi connectivity index (χ0v) is 14.6. The van der Waals surface area contributed by atoms with Crippen LogP contribution in [-0.4, -0.2) is 21.1 Å². The molecule has 0 saturated heterocycles. The number of nitrogens with one attached hydrogen (secondary N) is 1. The molecule has 120 valence electrons. The summed E-state index contributed by atoms with van der Waals surface area (Å²) >= 11 is 11.5. The smallest absolute Gasteiger partial charge is 0.216 e. The van der Waals surface area contributed by atoms with Crippen molar-refractivity contribution in [3.8, 4) is 11.4 Å². The lowest BCUT2D eigenvalue weighted by Crippen LogP contribution is -1.96. The Morgan fingerprint density at radius 2 is 1.88 bits per heavy atom. The molecule has 0 unspecified atom stereocenters. The van der Waals surface area contributed by atoms with Gasteiger partial charge in [-0.15, -0.1) is 0 Å². The van der Waals surface area contributed by atoms with Crippen LogP contribution in [0.25, 0.3) is 17.5 Å². The molecule has 6 heteroatoms. The lowest BCUT2D eigenvalue weighted by Gasteiger charge is -2.04. The van der Waals surface area contributed by atoms with Crippen LogP contribution >= 0.6 is 23.8 Å². The molecule has 0 aliphatic carbocycles. The lowest BCUT2D eigenvalue weighted by molar-refractivity contribution is 0.871. The Bertz CT molecular complexity index is 954. The first kappa shape index (κ1) is 16.4. The fourth-order valence-electron chi connectivity index (χ4n) is 2.26. The predicted octanol–water partition coefficient (Wildman–Crippen LogP) is 5.03. The average Bonchev–Trinajstić information content (AvgIpc) is 2.95. The zero-order chi connectivity index (χ0) is 16.9. The van der Waals surface area contributed by atoms with Gasteiger partial charge in [-0.1, -0.05) is 66.2 Å². The van der Waals surface area contributed by atoms with Gasteiger partial charge in [0, 0.05) is 5.56 Å². The van der Waals surface area contributed by atoms with Gasteiger partial charge in [-0.05, 0) is 36.3 Å². The fraction of sp³-hybridized carbons (Fsp3) is 0.0556. The third-order valence-corrected chi connectivity index (χ3v) is 3.91. The molecule has 0 radical (unpaired) electrons. The molecular formula is C18H15ClN4S. The minimum atomic E-state index is 0.411. The molecule has 1 heterocycles. The first-order valence-electron chi connectivity index (χ1n) is 7.35. The van der Waals surface area contributed by atoms with E-state index in [2.05, 4.69) is 15.3 Å². The molecule has 0 aliphatic heterocycles. The van der Waals surface area contributed by atoms with Crippen molar-refractivity contribution in [3.63, 3.8) is 0 Å². The maximum atomic E-state index is 6.25. The monoisotopic (exact) mass is 354 g/mol. The second-order valence-electron chi connectivity index (χ2n) is 5.16. The summed E-state index contributed by atoms with van der Waals surface area (Å²) in [7, 11) is 0. The van der Waals surface area contributed by atoms with Gasteiger partial charge in [0.2, 0.25) is 4.77 Å². The van der Waals surface area contributed by atoms with Gasteiger partial charge in [-0.3, -0.25) is 0 Å². The highest BCUT2D eigenvalue weighted by Crippen LogP contribution is 2.21. The number of benzene rings is 2. The Kier molecular flexibility index (Phi) is 5.03. The average molecular weight is 355 g/mol. The molecule has 3 aromatic rings. The van der Waals surface area contributed by atoms with Crippen LogP contribution in [0.4, 0.5) is 0 Å². The molecule has 3 rings (SSSR count). The van der Waals surface area contributed by atoms with Crippen molar-refractivity contribution in [2.45, 2.75) is 6.92 Å². The summed E-state index contributed by atoms with van der Waals surface area (Å²) in [6.45, 7) is 2.02. The largest absolute Gasteiger partial charge is 0.250 e. The summed E-state index contributed by atoms with van der Waals surface area (Å²) in [5, 5.41) is 11.9. The van der Waals surface area contributed by atoms with Gasteiger partial charge in [-0.2, -0.15) is 14.9 Å². The highest BCUT2D eigenvalue weighted by atomic mass is 35.5. The molecule has 0 saturated carbocycles. The van der Waals surface area contributed by atoms with Gasteiger partial charge in [0.15, 0.2) is 5.82 Å². The van der Waals surface area contributed by atoms with Gasteiger partial charge in [0.25, 0.3) is 0 Å². The van der Waals surface area contributed by atoms with Crippen LogP contribution in [-0.2, 0) is 0 Å². The number of hydrogen-bond acceptors (Lipinski definition) is 3. The molecule has 1 aromatic heterocycles. The van der Waals surface area contributed by atoms with Crippen molar-refractivity contribution in [2.24, 2.45) is 5.10 Å². The number of aromatic amines is 1. The summed E-state index contributed by atoms with van der Waals surface area (Å²) in [5.41, 5.74) is 3.06. The second-order valence-corrected chi connectivity index (χ2v) is 5.99. The molecule has 0 amide bonds. The number of halogens is 1. The van der Waals surface area contributed by atoms with Crippen molar-refractivity contribution in [2.75, 3.05) is 0 Å². The third kappa shape index (κ3) is 3.69. The summed E-state index contributed by atoms with van der Waals surface area (Å²) < 4.78 is 1.98. The summed E-state index contributed by atoms with van der Waals surface area (Å²) in [4.78, 5) is 0. The first-order chi connectivity index (χ1) is 11.6. The Balaban J connectivity index is 1.94. The number of H-pyrrole nitrogens is 1. The Morgan fingerprint density at radius 3 is 2.62 bits per heavy atom. The Hall–Kier alpha value is -2.50. The normalized spacial score (nSPS) is 12.0. The lowest BCUT2D eigenvalue weighted by atomic mass is 10.1. The first-order valence-corrected chi connectivity index (χ1v) is 8.14. The highest BCUT2D eigenvalue weighted by Gasteiger charge is 2.09. The highest BCUT2D eigenvalue weighted by molar-refractivity contribution is 7.71. The van der Waals surface area contributed by atoms with Crippen molar-refractivity contribution >= 4 is 36.1 Å². The number of allylic oxidation sites excluding steroid dienone is 1. The van der Waals surface area contributed by atoms with E-state index in [1.807, 2.05) is 67.6 Å². The maximum absolute atomic E-state index is 6.25. The zero-order valence-electron chi connectivity index (χ0n) is 13.0. The van der Waals surface area contributed by atoms with Crippen LogP contribution < -0.4 is 0 Å². The van der Waals surface area contributed by atoms with E-state index in [0.717, 1.165) is 16.7 Å². The third-order valence-electron chi connectivity index (χ3n) is 3.44. The van der Waals surface area contributed by atoms with Crippen molar-refractivity contribution in [3.05, 3.63) is 75.5 Å². The van der Waals surface area contributed by atoms with E-state index in [9.17, 15) is 0 Å². The number of aromatic nitrogens is 3. The molecule has 0 fully saturated rings. The van der Waals surface area contributed by atoms with Gasteiger partial charge in [0.1, 0.15) is 0 Å². The molecule has 0 atom stereocenters. The fourth-order valence-corrected chi connectivity index (χ4v) is 2.60. The predicted molar refractivity (Wildman–Crippen MR) is 102 cm³/mol. The van der Waals surface area contributed by atoms with E-state index >= 15 is 0 Å². The van der Waals surface area contributed by atoms with Crippen LogP contribution in [0.1, 0.15) is 11.1 Å². The van der Waals surface area contributed by atoms with Gasteiger partial charge >= 0.3 is 0 Å². The van der Waals surface area contributed by atoms with Crippen molar-refractivity contribution < 1.29 is 0 Å². The summed E-state index contributed by atoms with van der Waals surface area (Å²) in [5.74, 6) is 0.651. The number of rotatable bonds is 4. The number of nitrogens with zero attached hydrogens (tertiary/aromatic N) is 3. The minimum absolute atomic E-state index is 0.411. The number of aryl methyl sites for hydroxylation is 1. The van der Waals surface area contributed by atoms with E-state index < -0.39 is 0 Å². The van der Waals surface area contributed by atoms with Crippen LogP contribution in [0.3, 0.4) is 0 Å². The molecule has 4 nitrogen and oxygen atoms in total. The molecule has 2 aromatic carbocycles. The van der Waals surface area contributed by atoms with Gasteiger partial charge in [-0.25, -0.2) is 5.10 Å². The number of hydrogen-bond donors (Lipinski definition) is 1. The quantitative estimate of drug-likeness (QED) is 0.527. The van der Waals surface area contributed by atoms with Crippen LogP contribution in [0.5, 0.6) is 0 Å². The van der Waals surface area contributed by atoms with Crippen molar-refractivity contribution in [1.29, 1.82) is 0 Å².